The second kappa shape index (κ2) is 9.99. The van der Waals surface area contributed by atoms with Crippen molar-refractivity contribution in [2.75, 3.05) is 6.61 Å². The first-order valence-corrected chi connectivity index (χ1v) is 9.43. The van der Waals surface area contributed by atoms with Crippen LogP contribution in [0.25, 0.3) is 0 Å². The lowest BCUT2D eigenvalue weighted by Gasteiger charge is -2.13. The predicted octanol–water partition coefficient (Wildman–Crippen LogP) is 3.97. The van der Waals surface area contributed by atoms with Gasteiger partial charge in [-0.15, -0.1) is 0 Å². The molecule has 1 unspecified atom stereocenters. The van der Waals surface area contributed by atoms with Crippen LogP contribution in [0.1, 0.15) is 41.8 Å². The fourth-order valence-corrected chi connectivity index (χ4v) is 2.51. The number of halogens is 1. The second-order valence-electron chi connectivity index (χ2n) is 6.53. The van der Waals surface area contributed by atoms with Gasteiger partial charge in [0.2, 0.25) is 0 Å². The third-order valence-electron chi connectivity index (χ3n) is 4.10. The summed E-state index contributed by atoms with van der Waals surface area (Å²) in [5.74, 6) is 0.215. The quantitative estimate of drug-likeness (QED) is 0.684. The molecule has 2 N–H and O–H groups in total. The van der Waals surface area contributed by atoms with E-state index in [1.165, 1.54) is 0 Å². The smallest absolute Gasteiger partial charge is 0.276 e. The van der Waals surface area contributed by atoms with Crippen molar-refractivity contribution in [2.24, 2.45) is 0 Å². The van der Waals surface area contributed by atoms with Gasteiger partial charge < -0.3 is 9.47 Å². The summed E-state index contributed by atoms with van der Waals surface area (Å²) < 4.78 is 11.2. The fraction of sp³-hybridized carbons (Fsp3) is 0.333. The van der Waals surface area contributed by atoms with Gasteiger partial charge in [-0.3, -0.25) is 20.4 Å². The summed E-state index contributed by atoms with van der Waals surface area (Å²) in [5.41, 5.74) is 6.81. The molecule has 2 aromatic rings. The molecular formula is C21H25ClN2O4. The molecule has 0 saturated carbocycles. The second-order valence-corrected chi connectivity index (χ2v) is 6.90. The van der Waals surface area contributed by atoms with Gasteiger partial charge >= 0.3 is 0 Å². The van der Waals surface area contributed by atoms with Crippen LogP contribution in [-0.4, -0.2) is 24.5 Å². The Morgan fingerprint density at radius 2 is 1.75 bits per heavy atom. The Bertz CT molecular complexity index is 831. The van der Waals surface area contributed by atoms with Crippen molar-refractivity contribution in [3.8, 4) is 11.5 Å². The van der Waals surface area contributed by atoms with E-state index in [4.69, 9.17) is 21.1 Å². The van der Waals surface area contributed by atoms with Gasteiger partial charge in [-0.1, -0.05) is 24.6 Å². The molecule has 28 heavy (non-hydrogen) atoms. The van der Waals surface area contributed by atoms with Crippen LogP contribution in [0.4, 0.5) is 0 Å². The average molecular weight is 405 g/mol. The predicted molar refractivity (Wildman–Crippen MR) is 109 cm³/mol. The molecule has 6 nitrogen and oxygen atoms in total. The number of aryl methyl sites for hydroxylation is 2. The molecule has 2 amide bonds. The van der Waals surface area contributed by atoms with Gasteiger partial charge in [-0.2, -0.15) is 0 Å². The highest BCUT2D eigenvalue weighted by Gasteiger charge is 2.11. The molecule has 0 saturated heterocycles. The lowest BCUT2D eigenvalue weighted by molar-refractivity contribution is -0.123. The van der Waals surface area contributed by atoms with E-state index < -0.39 is 11.8 Å². The molecular weight excluding hydrogens is 380 g/mol. The molecule has 150 valence electrons. The van der Waals surface area contributed by atoms with E-state index in [-0.39, 0.29) is 12.7 Å². The highest BCUT2D eigenvalue weighted by Crippen LogP contribution is 2.25. The Kier molecular flexibility index (Phi) is 7.70. The van der Waals surface area contributed by atoms with Gasteiger partial charge in [0.15, 0.2) is 6.61 Å². The van der Waals surface area contributed by atoms with Crippen molar-refractivity contribution in [2.45, 2.75) is 40.2 Å². The van der Waals surface area contributed by atoms with E-state index in [0.717, 1.165) is 17.5 Å². The number of carbonyl (C=O) groups is 2. The minimum Gasteiger partial charge on any atom is -0.491 e. The van der Waals surface area contributed by atoms with Crippen LogP contribution in [0.5, 0.6) is 11.5 Å². The molecule has 0 aliphatic rings. The molecule has 0 heterocycles. The SMILES string of the molecule is CCC(C)Oc1cccc(C(=O)NNC(=O)COc2cc(C)c(Cl)c(C)c2)c1. The molecule has 2 aromatic carbocycles. The number of ether oxygens (including phenoxy) is 2. The first kappa shape index (κ1) is 21.6. The maximum atomic E-state index is 12.2. The number of nitrogens with one attached hydrogen (secondary N) is 2. The molecule has 0 aliphatic heterocycles. The zero-order valence-corrected chi connectivity index (χ0v) is 17.2. The number of rotatable bonds is 7. The summed E-state index contributed by atoms with van der Waals surface area (Å²) >= 11 is 6.11. The van der Waals surface area contributed by atoms with E-state index in [2.05, 4.69) is 10.9 Å². The van der Waals surface area contributed by atoms with Crippen LogP contribution in [0.3, 0.4) is 0 Å². The van der Waals surface area contributed by atoms with E-state index in [1.54, 1.807) is 36.4 Å². The van der Waals surface area contributed by atoms with Gasteiger partial charge in [0.1, 0.15) is 11.5 Å². The Morgan fingerprint density at radius 1 is 1.07 bits per heavy atom. The van der Waals surface area contributed by atoms with Crippen LogP contribution in [0, 0.1) is 13.8 Å². The topological polar surface area (TPSA) is 76.7 Å². The summed E-state index contributed by atoms with van der Waals surface area (Å²) in [6.07, 6.45) is 0.911. The molecule has 0 radical (unpaired) electrons. The largest absolute Gasteiger partial charge is 0.491 e. The van der Waals surface area contributed by atoms with E-state index in [9.17, 15) is 9.59 Å². The number of carbonyl (C=O) groups excluding carboxylic acids is 2. The third-order valence-corrected chi connectivity index (χ3v) is 4.70. The van der Waals surface area contributed by atoms with Crippen molar-refractivity contribution in [1.82, 2.24) is 10.9 Å². The fourth-order valence-electron chi connectivity index (χ4n) is 2.40. The van der Waals surface area contributed by atoms with Gasteiger partial charge in [0.05, 0.1) is 6.10 Å². The van der Waals surface area contributed by atoms with Crippen LogP contribution >= 0.6 is 11.6 Å². The Hall–Kier alpha value is -2.73. The van der Waals surface area contributed by atoms with Crippen molar-refractivity contribution in [3.63, 3.8) is 0 Å². The number of hydrogen-bond donors (Lipinski definition) is 2. The first-order chi connectivity index (χ1) is 13.3. The standard InChI is InChI=1S/C21H25ClN2O4/c1-5-15(4)28-17-8-6-7-16(11-17)21(26)24-23-19(25)12-27-18-9-13(2)20(22)14(3)10-18/h6-11,15H,5,12H2,1-4H3,(H,23,25)(H,24,26). The summed E-state index contributed by atoms with van der Waals surface area (Å²) in [4.78, 5) is 24.2. The van der Waals surface area contributed by atoms with Crippen molar-refractivity contribution >= 4 is 23.4 Å². The maximum absolute atomic E-state index is 12.2. The van der Waals surface area contributed by atoms with E-state index >= 15 is 0 Å². The van der Waals surface area contributed by atoms with Crippen molar-refractivity contribution < 1.29 is 19.1 Å². The van der Waals surface area contributed by atoms with Crippen LogP contribution in [0.15, 0.2) is 36.4 Å². The van der Waals surface area contributed by atoms with Crippen molar-refractivity contribution in [1.29, 1.82) is 0 Å². The zero-order valence-electron chi connectivity index (χ0n) is 16.5. The van der Waals surface area contributed by atoms with Gasteiger partial charge in [0, 0.05) is 10.6 Å². The van der Waals surface area contributed by atoms with Crippen LogP contribution in [0.2, 0.25) is 5.02 Å². The normalized spacial score (nSPS) is 11.5. The average Bonchev–Trinajstić information content (AvgIpc) is 2.68. The van der Waals surface area contributed by atoms with Gasteiger partial charge in [-0.05, 0) is 68.7 Å². The zero-order chi connectivity index (χ0) is 20.7. The highest BCUT2D eigenvalue weighted by atomic mass is 35.5. The number of benzene rings is 2. The first-order valence-electron chi connectivity index (χ1n) is 9.05. The van der Waals surface area contributed by atoms with E-state index in [1.807, 2.05) is 27.7 Å². The Morgan fingerprint density at radius 3 is 2.39 bits per heavy atom. The molecule has 1 atom stereocenters. The summed E-state index contributed by atoms with van der Waals surface area (Å²) in [6.45, 7) is 7.46. The minimum absolute atomic E-state index is 0.0512. The van der Waals surface area contributed by atoms with E-state index in [0.29, 0.717) is 22.1 Å². The summed E-state index contributed by atoms with van der Waals surface area (Å²) in [7, 11) is 0. The number of amides is 2. The van der Waals surface area contributed by atoms with Crippen LogP contribution < -0.4 is 20.3 Å². The highest BCUT2D eigenvalue weighted by molar-refractivity contribution is 6.32. The molecule has 0 aromatic heterocycles. The van der Waals surface area contributed by atoms with Crippen LogP contribution in [-0.2, 0) is 4.79 Å². The molecule has 0 spiro atoms. The summed E-state index contributed by atoms with van der Waals surface area (Å²) in [5, 5.41) is 0.670. The minimum atomic E-state index is -0.481. The molecule has 0 fully saturated rings. The van der Waals surface area contributed by atoms with Crippen molar-refractivity contribution in [3.05, 3.63) is 58.1 Å². The molecule has 0 bridgehead atoms. The molecule has 0 aliphatic carbocycles. The monoisotopic (exact) mass is 404 g/mol. The third kappa shape index (κ3) is 6.16. The lowest BCUT2D eigenvalue weighted by atomic mass is 10.1. The van der Waals surface area contributed by atoms with Gasteiger partial charge in [-0.25, -0.2) is 0 Å². The lowest BCUT2D eigenvalue weighted by Crippen LogP contribution is -2.43. The Labute approximate surface area is 170 Å². The van der Waals surface area contributed by atoms with Gasteiger partial charge in [0.25, 0.3) is 11.8 Å². The molecule has 2 rings (SSSR count). The summed E-state index contributed by atoms with van der Waals surface area (Å²) in [6, 6.07) is 10.3. The number of hydrazine groups is 1. The maximum Gasteiger partial charge on any atom is 0.276 e. The number of hydrogen-bond acceptors (Lipinski definition) is 4. The molecule has 7 heteroatoms. The Balaban J connectivity index is 1.85.